The Bertz CT molecular complexity index is 434. The lowest BCUT2D eigenvalue weighted by molar-refractivity contribution is -0.117. The van der Waals surface area contributed by atoms with Crippen molar-refractivity contribution in [3.8, 4) is 0 Å². The Kier molecular flexibility index (Phi) is 5.26. The van der Waals surface area contributed by atoms with E-state index in [1.807, 2.05) is 6.92 Å². The number of rotatable bonds is 6. The van der Waals surface area contributed by atoms with Gasteiger partial charge in [0.2, 0.25) is 5.91 Å². The average molecular weight is 252 g/mol. The topological polar surface area (TPSA) is 88.5 Å². The van der Waals surface area contributed by atoms with Crippen LogP contribution in [0.4, 0.5) is 5.69 Å². The molecule has 1 aromatic rings. The number of methoxy groups -OCH3 is 1. The molecule has 1 atom stereocenters. The smallest absolute Gasteiger partial charge is 0.356 e. The number of nitrogens with zero attached hydrogens (tertiary/aromatic N) is 1. The number of carbonyl (C=O) groups excluding carboxylic acids is 1. The lowest BCUT2D eigenvalue weighted by atomic mass is 10.1. The van der Waals surface area contributed by atoms with Crippen LogP contribution in [0, 0.1) is 5.92 Å². The highest BCUT2D eigenvalue weighted by atomic mass is 16.5. The van der Waals surface area contributed by atoms with Crippen LogP contribution in [0.15, 0.2) is 18.3 Å². The molecule has 6 nitrogen and oxygen atoms in total. The summed E-state index contributed by atoms with van der Waals surface area (Å²) in [4.78, 5) is 26.3. The number of ether oxygens (including phenoxy) is 1. The summed E-state index contributed by atoms with van der Waals surface area (Å²) in [6, 6.07) is 3.08. The monoisotopic (exact) mass is 252 g/mol. The molecule has 0 saturated heterocycles. The summed E-state index contributed by atoms with van der Waals surface area (Å²) in [7, 11) is 1.57. The molecule has 0 aliphatic rings. The molecular weight excluding hydrogens is 236 g/mol. The number of aromatic carboxylic acids is 1. The van der Waals surface area contributed by atoms with Crippen LogP contribution < -0.4 is 5.32 Å². The molecule has 0 aliphatic carbocycles. The van der Waals surface area contributed by atoms with Crippen LogP contribution in [-0.4, -0.2) is 35.7 Å². The fourth-order valence-corrected chi connectivity index (χ4v) is 1.54. The fraction of sp³-hybridized carbons (Fsp3) is 0.417. The highest BCUT2D eigenvalue weighted by Crippen LogP contribution is 2.13. The van der Waals surface area contributed by atoms with Crippen LogP contribution in [0.1, 0.15) is 23.8 Å². The van der Waals surface area contributed by atoms with E-state index in [2.05, 4.69) is 10.3 Å². The standard InChI is InChI=1S/C12H16N2O4/c1-8(7-18-2)6-10(15)14-9-4-3-5-13-11(9)12(16)17/h3-5,8H,6-7H2,1-2H3,(H,14,15)(H,16,17). The first kappa shape index (κ1) is 14.1. The van der Waals surface area contributed by atoms with E-state index in [-0.39, 0.29) is 29.6 Å². The van der Waals surface area contributed by atoms with Crippen molar-refractivity contribution in [3.63, 3.8) is 0 Å². The average Bonchev–Trinajstić information content (AvgIpc) is 2.29. The van der Waals surface area contributed by atoms with Gasteiger partial charge in [0.15, 0.2) is 5.69 Å². The van der Waals surface area contributed by atoms with Crippen molar-refractivity contribution in [2.45, 2.75) is 13.3 Å². The van der Waals surface area contributed by atoms with E-state index < -0.39 is 5.97 Å². The maximum atomic E-state index is 11.7. The second-order valence-electron chi connectivity index (χ2n) is 4.02. The summed E-state index contributed by atoms with van der Waals surface area (Å²) in [6.45, 7) is 2.36. The van der Waals surface area contributed by atoms with Gasteiger partial charge in [-0.1, -0.05) is 6.92 Å². The molecule has 1 unspecified atom stereocenters. The molecule has 0 aliphatic heterocycles. The van der Waals surface area contributed by atoms with E-state index in [1.165, 1.54) is 12.3 Å². The minimum atomic E-state index is -1.17. The van der Waals surface area contributed by atoms with E-state index in [4.69, 9.17) is 9.84 Å². The molecule has 1 rings (SSSR count). The number of aromatic nitrogens is 1. The maximum absolute atomic E-state index is 11.7. The van der Waals surface area contributed by atoms with Gasteiger partial charge in [-0.25, -0.2) is 9.78 Å². The summed E-state index contributed by atoms with van der Waals surface area (Å²) < 4.78 is 4.93. The van der Waals surface area contributed by atoms with Gasteiger partial charge in [0.1, 0.15) is 0 Å². The zero-order valence-corrected chi connectivity index (χ0v) is 10.3. The van der Waals surface area contributed by atoms with Gasteiger partial charge < -0.3 is 15.2 Å². The van der Waals surface area contributed by atoms with Crippen molar-refractivity contribution in [3.05, 3.63) is 24.0 Å². The first-order valence-electron chi connectivity index (χ1n) is 5.51. The lowest BCUT2D eigenvalue weighted by Gasteiger charge is -2.11. The van der Waals surface area contributed by atoms with Crippen molar-refractivity contribution >= 4 is 17.6 Å². The van der Waals surface area contributed by atoms with Crippen LogP contribution in [0.2, 0.25) is 0 Å². The van der Waals surface area contributed by atoms with E-state index in [0.717, 1.165) is 0 Å². The van der Waals surface area contributed by atoms with Crippen LogP contribution in [-0.2, 0) is 9.53 Å². The number of pyridine rings is 1. The molecule has 1 aromatic heterocycles. The molecule has 2 N–H and O–H groups in total. The largest absolute Gasteiger partial charge is 0.476 e. The Labute approximate surface area is 105 Å². The highest BCUT2D eigenvalue weighted by molar-refractivity contribution is 5.99. The fourth-order valence-electron chi connectivity index (χ4n) is 1.54. The number of nitrogens with one attached hydrogen (secondary N) is 1. The molecule has 0 bridgehead atoms. The third-order valence-electron chi connectivity index (χ3n) is 2.27. The Balaban J connectivity index is 2.67. The summed E-state index contributed by atoms with van der Waals surface area (Å²) >= 11 is 0. The SMILES string of the molecule is COCC(C)CC(=O)Nc1cccnc1C(=O)O. The molecule has 98 valence electrons. The van der Waals surface area contributed by atoms with Gasteiger partial charge in [-0.05, 0) is 18.1 Å². The molecule has 0 spiro atoms. The summed E-state index contributed by atoms with van der Waals surface area (Å²) in [5.74, 6) is -1.36. The molecule has 0 saturated carbocycles. The number of carbonyl (C=O) groups is 2. The second-order valence-corrected chi connectivity index (χ2v) is 4.02. The first-order valence-corrected chi connectivity index (χ1v) is 5.51. The third-order valence-corrected chi connectivity index (χ3v) is 2.27. The van der Waals surface area contributed by atoms with Crippen molar-refractivity contribution in [1.29, 1.82) is 0 Å². The number of hydrogen-bond acceptors (Lipinski definition) is 4. The second kappa shape index (κ2) is 6.70. The van der Waals surface area contributed by atoms with Gasteiger partial charge in [-0.3, -0.25) is 4.79 Å². The Hall–Kier alpha value is -1.95. The first-order chi connectivity index (χ1) is 8.54. The Morgan fingerprint density at radius 3 is 2.89 bits per heavy atom. The molecule has 18 heavy (non-hydrogen) atoms. The van der Waals surface area contributed by atoms with Crippen LogP contribution >= 0.6 is 0 Å². The Morgan fingerprint density at radius 2 is 2.28 bits per heavy atom. The van der Waals surface area contributed by atoms with E-state index in [0.29, 0.717) is 6.61 Å². The molecule has 6 heteroatoms. The number of hydrogen-bond donors (Lipinski definition) is 2. The maximum Gasteiger partial charge on any atom is 0.356 e. The van der Waals surface area contributed by atoms with Gasteiger partial charge in [0.05, 0.1) is 5.69 Å². The molecule has 1 heterocycles. The zero-order valence-electron chi connectivity index (χ0n) is 10.3. The minimum Gasteiger partial charge on any atom is -0.476 e. The summed E-state index contributed by atoms with van der Waals surface area (Å²) in [5, 5.41) is 11.5. The molecule has 0 radical (unpaired) electrons. The van der Waals surface area contributed by atoms with Crippen LogP contribution in [0.5, 0.6) is 0 Å². The predicted octanol–water partition coefficient (Wildman–Crippen LogP) is 1.39. The predicted molar refractivity (Wildman–Crippen MR) is 65.5 cm³/mol. The normalized spacial score (nSPS) is 11.9. The Morgan fingerprint density at radius 1 is 1.56 bits per heavy atom. The number of carboxylic acid groups (broad SMARTS) is 1. The minimum absolute atomic E-state index is 0.0694. The molecule has 1 amide bonds. The number of amides is 1. The zero-order chi connectivity index (χ0) is 13.5. The number of carboxylic acids is 1. The number of anilines is 1. The molecular formula is C12H16N2O4. The van der Waals surface area contributed by atoms with Crippen LogP contribution in [0.3, 0.4) is 0 Å². The van der Waals surface area contributed by atoms with Gasteiger partial charge in [0, 0.05) is 26.3 Å². The van der Waals surface area contributed by atoms with Crippen molar-refractivity contribution in [2.75, 3.05) is 19.0 Å². The van der Waals surface area contributed by atoms with Gasteiger partial charge >= 0.3 is 5.97 Å². The molecule has 0 aromatic carbocycles. The van der Waals surface area contributed by atoms with Crippen molar-refractivity contribution < 1.29 is 19.4 Å². The van der Waals surface area contributed by atoms with Crippen molar-refractivity contribution in [1.82, 2.24) is 4.98 Å². The van der Waals surface area contributed by atoms with Gasteiger partial charge in [0.25, 0.3) is 0 Å². The quantitative estimate of drug-likeness (QED) is 0.798. The molecule has 0 fully saturated rings. The van der Waals surface area contributed by atoms with Crippen molar-refractivity contribution in [2.24, 2.45) is 5.92 Å². The summed E-state index contributed by atoms with van der Waals surface area (Å²) in [6.07, 6.45) is 1.63. The lowest BCUT2D eigenvalue weighted by Crippen LogP contribution is -2.19. The highest BCUT2D eigenvalue weighted by Gasteiger charge is 2.14. The van der Waals surface area contributed by atoms with Gasteiger partial charge in [-0.2, -0.15) is 0 Å². The third kappa shape index (κ3) is 4.14. The summed E-state index contributed by atoms with van der Waals surface area (Å²) in [5.41, 5.74) is 0.0462. The van der Waals surface area contributed by atoms with Gasteiger partial charge in [-0.15, -0.1) is 0 Å². The van der Waals surface area contributed by atoms with E-state index in [1.54, 1.807) is 13.2 Å². The van der Waals surface area contributed by atoms with E-state index in [9.17, 15) is 9.59 Å². The van der Waals surface area contributed by atoms with E-state index >= 15 is 0 Å². The van der Waals surface area contributed by atoms with Crippen LogP contribution in [0.25, 0.3) is 0 Å².